The average molecular weight is 404 g/mol. The number of aromatic nitrogens is 4. The highest BCUT2D eigenvalue weighted by molar-refractivity contribution is 5.71. The molecule has 4 rings (SSSR count). The lowest BCUT2D eigenvalue weighted by Crippen LogP contribution is -2.34. The third-order valence-corrected chi connectivity index (χ3v) is 4.70. The summed E-state index contributed by atoms with van der Waals surface area (Å²) in [5, 5.41) is 10.1. The summed E-state index contributed by atoms with van der Waals surface area (Å²) < 4.78 is 46.1. The summed E-state index contributed by atoms with van der Waals surface area (Å²) in [5.41, 5.74) is 5.70. The van der Waals surface area contributed by atoms with E-state index in [9.17, 15) is 13.2 Å². The van der Waals surface area contributed by atoms with Crippen LogP contribution in [0.25, 0.3) is 22.5 Å². The van der Waals surface area contributed by atoms with Gasteiger partial charge in [-0.15, -0.1) is 0 Å². The van der Waals surface area contributed by atoms with Gasteiger partial charge < -0.3 is 15.8 Å². The van der Waals surface area contributed by atoms with Crippen molar-refractivity contribution in [1.29, 1.82) is 0 Å². The maximum atomic E-state index is 13.4. The van der Waals surface area contributed by atoms with Crippen LogP contribution in [0.3, 0.4) is 0 Å². The molecule has 0 aromatic carbocycles. The van der Waals surface area contributed by atoms with Crippen molar-refractivity contribution in [2.75, 3.05) is 18.8 Å². The van der Waals surface area contributed by atoms with Gasteiger partial charge in [0, 0.05) is 23.5 Å². The summed E-state index contributed by atoms with van der Waals surface area (Å²) >= 11 is 0. The summed E-state index contributed by atoms with van der Waals surface area (Å²) in [5.74, 6) is 0.400. The summed E-state index contributed by atoms with van der Waals surface area (Å²) in [6, 6.07) is 4.11. The zero-order valence-corrected chi connectivity index (χ0v) is 15.3. The topological polar surface area (TPSA) is 102 Å². The van der Waals surface area contributed by atoms with Crippen LogP contribution in [-0.2, 0) is 6.18 Å². The first-order chi connectivity index (χ1) is 13.9. The zero-order valence-electron chi connectivity index (χ0n) is 15.3. The van der Waals surface area contributed by atoms with Crippen LogP contribution in [-0.4, -0.2) is 39.4 Å². The number of hydrogen-bond donors (Lipinski definition) is 3. The third-order valence-electron chi connectivity index (χ3n) is 4.70. The van der Waals surface area contributed by atoms with Crippen LogP contribution in [0.4, 0.5) is 19.0 Å². The van der Waals surface area contributed by atoms with Crippen molar-refractivity contribution in [3.05, 3.63) is 42.4 Å². The number of H-pyrrole nitrogens is 1. The van der Waals surface area contributed by atoms with Crippen molar-refractivity contribution in [3.63, 3.8) is 0 Å². The standard InChI is InChI=1S/C19H19F3N6O/c20-19(21,22)15-6-18(23)26-10-14(15)17-7-16(27-28-17)11-5-13(9-25-8-11)29-12-1-3-24-4-2-12/h5-10,12,24H,1-4H2,(H2,23,26)(H,27,28). The molecule has 1 aliphatic rings. The number of nitrogens with two attached hydrogens (primary N) is 1. The number of nitrogens with zero attached hydrogens (tertiary/aromatic N) is 3. The largest absolute Gasteiger partial charge is 0.489 e. The smallest absolute Gasteiger partial charge is 0.417 e. The second kappa shape index (κ2) is 7.70. The van der Waals surface area contributed by atoms with Crippen LogP contribution < -0.4 is 15.8 Å². The summed E-state index contributed by atoms with van der Waals surface area (Å²) in [6.45, 7) is 1.80. The van der Waals surface area contributed by atoms with E-state index in [1.54, 1.807) is 18.5 Å². The Morgan fingerprint density at radius 3 is 2.62 bits per heavy atom. The minimum Gasteiger partial charge on any atom is -0.489 e. The van der Waals surface area contributed by atoms with Crippen LogP contribution >= 0.6 is 0 Å². The van der Waals surface area contributed by atoms with E-state index in [0.717, 1.165) is 38.2 Å². The van der Waals surface area contributed by atoms with E-state index in [-0.39, 0.29) is 23.2 Å². The van der Waals surface area contributed by atoms with E-state index in [2.05, 4.69) is 25.5 Å². The van der Waals surface area contributed by atoms with Crippen molar-refractivity contribution >= 4 is 5.82 Å². The highest BCUT2D eigenvalue weighted by Gasteiger charge is 2.34. The Balaban J connectivity index is 1.61. The Hall–Kier alpha value is -3.14. The number of alkyl halides is 3. The number of halogens is 3. The van der Waals surface area contributed by atoms with Gasteiger partial charge in [-0.05, 0) is 44.1 Å². The van der Waals surface area contributed by atoms with Crippen molar-refractivity contribution in [3.8, 4) is 28.3 Å². The van der Waals surface area contributed by atoms with E-state index in [4.69, 9.17) is 10.5 Å². The lowest BCUT2D eigenvalue weighted by Gasteiger charge is -2.23. The van der Waals surface area contributed by atoms with Gasteiger partial charge in [0.15, 0.2) is 0 Å². The molecule has 0 spiro atoms. The van der Waals surface area contributed by atoms with Gasteiger partial charge in [0.25, 0.3) is 0 Å². The number of nitrogens with one attached hydrogen (secondary N) is 2. The number of ether oxygens (including phenoxy) is 1. The number of pyridine rings is 2. The molecule has 1 aliphatic heterocycles. The average Bonchev–Trinajstić information content (AvgIpc) is 3.18. The molecule has 0 bridgehead atoms. The summed E-state index contributed by atoms with van der Waals surface area (Å²) in [7, 11) is 0. The fourth-order valence-electron chi connectivity index (χ4n) is 3.26. The number of hydrogen-bond acceptors (Lipinski definition) is 6. The molecule has 29 heavy (non-hydrogen) atoms. The van der Waals surface area contributed by atoms with E-state index in [0.29, 0.717) is 17.0 Å². The van der Waals surface area contributed by atoms with E-state index >= 15 is 0 Å². The third kappa shape index (κ3) is 4.32. The molecular formula is C19H19F3N6O. The summed E-state index contributed by atoms with van der Waals surface area (Å²) in [6.07, 6.45) is 1.64. The van der Waals surface area contributed by atoms with Crippen LogP contribution in [0, 0.1) is 0 Å². The molecule has 1 fully saturated rings. The highest BCUT2D eigenvalue weighted by atomic mass is 19.4. The van der Waals surface area contributed by atoms with Crippen LogP contribution in [0.5, 0.6) is 5.75 Å². The number of nitrogen functional groups attached to an aromatic ring is 1. The number of anilines is 1. The lowest BCUT2D eigenvalue weighted by atomic mass is 10.1. The Labute approximate surface area is 164 Å². The zero-order chi connectivity index (χ0) is 20.4. The molecule has 1 saturated heterocycles. The van der Waals surface area contributed by atoms with Gasteiger partial charge in [0.1, 0.15) is 17.7 Å². The normalized spacial score (nSPS) is 15.4. The Bertz CT molecular complexity index is 998. The number of piperidine rings is 1. The molecule has 4 N–H and O–H groups in total. The maximum Gasteiger partial charge on any atom is 0.417 e. The van der Waals surface area contributed by atoms with Gasteiger partial charge in [-0.3, -0.25) is 10.1 Å². The number of rotatable bonds is 4. The molecular weight excluding hydrogens is 385 g/mol. The number of aromatic amines is 1. The van der Waals surface area contributed by atoms with Crippen molar-refractivity contribution in [2.24, 2.45) is 0 Å². The first-order valence-corrected chi connectivity index (χ1v) is 9.11. The van der Waals surface area contributed by atoms with Gasteiger partial charge >= 0.3 is 6.18 Å². The van der Waals surface area contributed by atoms with Gasteiger partial charge in [-0.2, -0.15) is 18.3 Å². The van der Waals surface area contributed by atoms with Crippen molar-refractivity contribution in [1.82, 2.24) is 25.5 Å². The molecule has 0 saturated carbocycles. The molecule has 0 atom stereocenters. The van der Waals surface area contributed by atoms with Gasteiger partial charge in [0.2, 0.25) is 0 Å². The lowest BCUT2D eigenvalue weighted by molar-refractivity contribution is -0.137. The molecule has 4 heterocycles. The predicted molar refractivity (Wildman–Crippen MR) is 101 cm³/mol. The monoisotopic (exact) mass is 404 g/mol. The van der Waals surface area contributed by atoms with Crippen LogP contribution in [0.15, 0.2) is 36.8 Å². The van der Waals surface area contributed by atoms with Gasteiger partial charge in [0.05, 0.1) is 23.1 Å². The van der Waals surface area contributed by atoms with Crippen LogP contribution in [0.1, 0.15) is 18.4 Å². The molecule has 7 nitrogen and oxygen atoms in total. The SMILES string of the molecule is Nc1cc(C(F)(F)F)c(-c2cc(-c3cncc(OC4CCNCC4)c3)n[nH]2)cn1. The molecule has 0 amide bonds. The van der Waals surface area contributed by atoms with E-state index in [1.807, 2.05) is 0 Å². The summed E-state index contributed by atoms with van der Waals surface area (Å²) in [4.78, 5) is 7.96. The van der Waals surface area contributed by atoms with Crippen molar-refractivity contribution in [2.45, 2.75) is 25.1 Å². The Morgan fingerprint density at radius 1 is 1.07 bits per heavy atom. The molecule has 0 radical (unpaired) electrons. The van der Waals surface area contributed by atoms with Crippen LogP contribution in [0.2, 0.25) is 0 Å². The second-order valence-corrected chi connectivity index (χ2v) is 6.80. The Morgan fingerprint density at radius 2 is 1.86 bits per heavy atom. The minimum absolute atomic E-state index is 0.109. The minimum atomic E-state index is -4.57. The quantitative estimate of drug-likeness (QED) is 0.617. The fourth-order valence-corrected chi connectivity index (χ4v) is 3.26. The maximum absolute atomic E-state index is 13.4. The fraction of sp³-hybridized carbons (Fsp3) is 0.316. The molecule has 3 aromatic rings. The van der Waals surface area contributed by atoms with Gasteiger partial charge in [-0.25, -0.2) is 4.98 Å². The molecule has 0 unspecified atom stereocenters. The Kier molecular flexibility index (Phi) is 5.10. The molecule has 152 valence electrons. The first-order valence-electron chi connectivity index (χ1n) is 9.11. The predicted octanol–water partition coefficient (Wildman–Crippen LogP) is 3.27. The van der Waals surface area contributed by atoms with E-state index in [1.165, 1.54) is 6.07 Å². The van der Waals surface area contributed by atoms with Gasteiger partial charge in [-0.1, -0.05) is 0 Å². The molecule has 0 aliphatic carbocycles. The second-order valence-electron chi connectivity index (χ2n) is 6.80. The molecule has 10 heteroatoms. The first kappa shape index (κ1) is 19.2. The van der Waals surface area contributed by atoms with E-state index < -0.39 is 11.7 Å². The van der Waals surface area contributed by atoms with Crippen molar-refractivity contribution < 1.29 is 17.9 Å². The molecule has 3 aromatic heterocycles. The highest BCUT2D eigenvalue weighted by Crippen LogP contribution is 2.37.